The number of rotatable bonds is 8. The number of methoxy groups -OCH3 is 1. The van der Waals surface area contributed by atoms with E-state index in [2.05, 4.69) is 0 Å². The molecule has 0 atom stereocenters. The van der Waals surface area contributed by atoms with Gasteiger partial charge in [-0.05, 0) is 18.2 Å². The van der Waals surface area contributed by atoms with Crippen LogP contribution in [0.2, 0.25) is 5.02 Å². The summed E-state index contributed by atoms with van der Waals surface area (Å²) < 4.78 is 10.3. The molecule has 0 bridgehead atoms. The van der Waals surface area contributed by atoms with Crippen molar-refractivity contribution in [2.75, 3.05) is 39.3 Å². The molecule has 0 aliphatic carbocycles. The van der Waals surface area contributed by atoms with E-state index >= 15 is 0 Å². The Morgan fingerprint density at radius 3 is 2.79 bits per heavy atom. The number of halogens is 2. The molecular weight excluding hydrogens is 289 g/mol. The van der Waals surface area contributed by atoms with Gasteiger partial charge in [-0.25, -0.2) is 0 Å². The average Bonchev–Trinajstić information content (AvgIpc) is 2.41. The number of amides is 1. The zero-order valence-corrected chi connectivity index (χ0v) is 12.3. The smallest absolute Gasteiger partial charge is 0.260 e. The van der Waals surface area contributed by atoms with E-state index in [-0.39, 0.29) is 12.5 Å². The van der Waals surface area contributed by atoms with E-state index in [4.69, 9.17) is 32.7 Å². The molecule has 0 aliphatic rings. The molecule has 0 N–H and O–H groups in total. The Bertz CT molecular complexity index is 401. The van der Waals surface area contributed by atoms with E-state index in [1.54, 1.807) is 36.3 Å². The van der Waals surface area contributed by atoms with Gasteiger partial charge < -0.3 is 14.4 Å². The summed E-state index contributed by atoms with van der Waals surface area (Å²) in [4.78, 5) is 13.6. The van der Waals surface area contributed by atoms with Gasteiger partial charge in [-0.1, -0.05) is 17.7 Å². The summed E-state index contributed by atoms with van der Waals surface area (Å²) in [6.07, 6.45) is 0. The highest BCUT2D eigenvalue weighted by Crippen LogP contribution is 2.17. The van der Waals surface area contributed by atoms with E-state index in [0.717, 1.165) is 0 Å². The summed E-state index contributed by atoms with van der Waals surface area (Å²) >= 11 is 11.5. The number of hydrogen-bond acceptors (Lipinski definition) is 3. The number of alkyl halides is 1. The first-order chi connectivity index (χ1) is 9.17. The van der Waals surface area contributed by atoms with Crippen LogP contribution >= 0.6 is 23.2 Å². The Balaban J connectivity index is 2.47. The quantitative estimate of drug-likeness (QED) is 0.692. The molecule has 0 fully saturated rings. The van der Waals surface area contributed by atoms with Crippen molar-refractivity contribution in [3.05, 3.63) is 29.3 Å². The minimum atomic E-state index is -0.127. The Kier molecular flexibility index (Phi) is 7.63. The Hall–Kier alpha value is -0.970. The zero-order chi connectivity index (χ0) is 14.1. The van der Waals surface area contributed by atoms with Crippen molar-refractivity contribution in [1.82, 2.24) is 4.90 Å². The maximum atomic E-state index is 12.0. The molecule has 1 rings (SSSR count). The molecule has 0 radical (unpaired) electrons. The zero-order valence-electron chi connectivity index (χ0n) is 10.8. The predicted molar refractivity (Wildman–Crippen MR) is 76.1 cm³/mol. The molecule has 1 amide bonds. The summed E-state index contributed by atoms with van der Waals surface area (Å²) in [7, 11) is 1.59. The summed E-state index contributed by atoms with van der Waals surface area (Å²) in [5, 5.41) is 0.571. The lowest BCUT2D eigenvalue weighted by molar-refractivity contribution is -0.133. The SMILES string of the molecule is COCCN(CCCl)C(=O)COc1cccc(Cl)c1. The van der Waals surface area contributed by atoms with Crippen LogP contribution in [0.4, 0.5) is 0 Å². The first kappa shape index (κ1) is 16.1. The molecular formula is C13H17Cl2NO3. The second kappa shape index (κ2) is 9.02. The van der Waals surface area contributed by atoms with E-state index < -0.39 is 0 Å². The van der Waals surface area contributed by atoms with E-state index in [0.29, 0.717) is 36.3 Å². The highest BCUT2D eigenvalue weighted by molar-refractivity contribution is 6.30. The Labute approximate surface area is 123 Å². The summed E-state index contributed by atoms with van der Waals surface area (Å²) in [6.45, 7) is 1.41. The number of ether oxygens (including phenoxy) is 2. The van der Waals surface area contributed by atoms with Crippen LogP contribution in [-0.4, -0.2) is 50.1 Å². The Morgan fingerprint density at radius 1 is 1.37 bits per heavy atom. The molecule has 0 unspecified atom stereocenters. The van der Waals surface area contributed by atoms with Gasteiger partial charge in [-0.3, -0.25) is 4.79 Å². The molecule has 0 spiro atoms. The highest BCUT2D eigenvalue weighted by atomic mass is 35.5. The van der Waals surface area contributed by atoms with Crippen LogP contribution in [0.25, 0.3) is 0 Å². The fourth-order valence-corrected chi connectivity index (χ4v) is 1.84. The lowest BCUT2D eigenvalue weighted by atomic mass is 10.3. The van der Waals surface area contributed by atoms with Crippen molar-refractivity contribution in [2.24, 2.45) is 0 Å². The summed E-state index contributed by atoms with van der Waals surface area (Å²) in [6, 6.07) is 6.92. The van der Waals surface area contributed by atoms with Crippen LogP contribution in [0.3, 0.4) is 0 Å². The normalized spacial score (nSPS) is 10.3. The van der Waals surface area contributed by atoms with Gasteiger partial charge in [0.15, 0.2) is 6.61 Å². The monoisotopic (exact) mass is 305 g/mol. The average molecular weight is 306 g/mol. The minimum Gasteiger partial charge on any atom is -0.484 e. The molecule has 19 heavy (non-hydrogen) atoms. The van der Waals surface area contributed by atoms with Crippen LogP contribution in [-0.2, 0) is 9.53 Å². The number of benzene rings is 1. The molecule has 0 saturated heterocycles. The molecule has 4 nitrogen and oxygen atoms in total. The van der Waals surface area contributed by atoms with Crippen molar-refractivity contribution < 1.29 is 14.3 Å². The van der Waals surface area contributed by atoms with Gasteiger partial charge >= 0.3 is 0 Å². The van der Waals surface area contributed by atoms with Crippen molar-refractivity contribution in [3.63, 3.8) is 0 Å². The van der Waals surface area contributed by atoms with Crippen molar-refractivity contribution in [3.8, 4) is 5.75 Å². The van der Waals surface area contributed by atoms with Crippen LogP contribution in [0, 0.1) is 0 Å². The lowest BCUT2D eigenvalue weighted by Crippen LogP contribution is -2.38. The van der Waals surface area contributed by atoms with Gasteiger partial charge in [0.05, 0.1) is 6.61 Å². The highest BCUT2D eigenvalue weighted by Gasteiger charge is 2.13. The fourth-order valence-electron chi connectivity index (χ4n) is 1.46. The lowest BCUT2D eigenvalue weighted by Gasteiger charge is -2.21. The maximum absolute atomic E-state index is 12.0. The third kappa shape index (κ3) is 6.14. The second-order valence-electron chi connectivity index (χ2n) is 3.81. The Morgan fingerprint density at radius 2 is 2.16 bits per heavy atom. The van der Waals surface area contributed by atoms with Crippen LogP contribution in [0.5, 0.6) is 5.75 Å². The first-order valence-electron chi connectivity index (χ1n) is 5.88. The number of nitrogens with zero attached hydrogens (tertiary/aromatic N) is 1. The molecule has 0 saturated carbocycles. The van der Waals surface area contributed by atoms with E-state index in [1.165, 1.54) is 0 Å². The third-order valence-electron chi connectivity index (χ3n) is 2.43. The molecule has 6 heteroatoms. The first-order valence-corrected chi connectivity index (χ1v) is 6.79. The summed E-state index contributed by atoms with van der Waals surface area (Å²) in [5.41, 5.74) is 0. The minimum absolute atomic E-state index is 0.0407. The van der Waals surface area contributed by atoms with E-state index in [9.17, 15) is 4.79 Å². The second-order valence-corrected chi connectivity index (χ2v) is 4.62. The molecule has 0 aliphatic heterocycles. The number of hydrogen-bond donors (Lipinski definition) is 0. The molecule has 0 aromatic heterocycles. The van der Waals surface area contributed by atoms with Gasteiger partial charge in [-0.15, -0.1) is 11.6 Å². The molecule has 1 aromatic carbocycles. The topological polar surface area (TPSA) is 38.8 Å². The van der Waals surface area contributed by atoms with Gasteiger partial charge in [0.1, 0.15) is 5.75 Å². The number of carbonyl (C=O) groups is 1. The van der Waals surface area contributed by atoms with Crippen molar-refractivity contribution in [1.29, 1.82) is 0 Å². The fraction of sp³-hybridized carbons (Fsp3) is 0.462. The van der Waals surface area contributed by atoms with Crippen LogP contribution < -0.4 is 4.74 Å². The van der Waals surface area contributed by atoms with Gasteiger partial charge in [0.2, 0.25) is 0 Å². The maximum Gasteiger partial charge on any atom is 0.260 e. The van der Waals surface area contributed by atoms with E-state index in [1.807, 2.05) is 0 Å². The van der Waals surface area contributed by atoms with Crippen LogP contribution in [0.1, 0.15) is 0 Å². The predicted octanol–water partition coefficient (Wildman–Crippen LogP) is 2.43. The number of carbonyl (C=O) groups excluding carboxylic acids is 1. The van der Waals surface area contributed by atoms with Crippen LogP contribution in [0.15, 0.2) is 24.3 Å². The molecule has 106 valence electrons. The summed E-state index contributed by atoms with van der Waals surface area (Å²) in [5.74, 6) is 0.822. The third-order valence-corrected chi connectivity index (χ3v) is 2.83. The largest absolute Gasteiger partial charge is 0.484 e. The standard InChI is InChI=1S/C13H17Cl2NO3/c1-18-8-7-16(6-5-14)13(17)10-19-12-4-2-3-11(15)9-12/h2-4,9H,5-8,10H2,1H3. The van der Waals surface area contributed by atoms with Crippen molar-refractivity contribution >= 4 is 29.1 Å². The molecule has 1 aromatic rings. The van der Waals surface area contributed by atoms with Gasteiger partial charge in [0.25, 0.3) is 5.91 Å². The van der Waals surface area contributed by atoms with Crippen molar-refractivity contribution in [2.45, 2.75) is 0 Å². The van der Waals surface area contributed by atoms with Gasteiger partial charge in [-0.2, -0.15) is 0 Å². The van der Waals surface area contributed by atoms with Gasteiger partial charge in [0, 0.05) is 31.1 Å². The molecule has 0 heterocycles.